The van der Waals surface area contributed by atoms with E-state index in [0.29, 0.717) is 35.0 Å². The number of carbonyl (C=O) groups is 2. The van der Waals surface area contributed by atoms with Crippen LogP contribution in [-0.4, -0.2) is 33.4 Å². The second-order valence-corrected chi connectivity index (χ2v) is 11.7. The van der Waals surface area contributed by atoms with Gasteiger partial charge in [0.05, 0.1) is 17.2 Å². The van der Waals surface area contributed by atoms with Gasteiger partial charge in [0.15, 0.2) is 0 Å². The number of aryl methyl sites for hydroxylation is 2. The minimum Gasteiger partial charge on any atom is -0.464 e. The second-order valence-electron chi connectivity index (χ2n) is 9.79. The van der Waals surface area contributed by atoms with Crippen LogP contribution in [-0.2, 0) is 26.1 Å². The van der Waals surface area contributed by atoms with Gasteiger partial charge in [0, 0.05) is 12.1 Å². The normalized spacial score (nSPS) is 11.3. The summed E-state index contributed by atoms with van der Waals surface area (Å²) in [7, 11) is -4.11. The van der Waals surface area contributed by atoms with Gasteiger partial charge in [-0.25, -0.2) is 8.42 Å². The molecular formula is C32H34N2O5S. The summed E-state index contributed by atoms with van der Waals surface area (Å²) in [5.41, 5.74) is 3.36. The van der Waals surface area contributed by atoms with E-state index in [4.69, 9.17) is 4.74 Å². The van der Waals surface area contributed by atoms with Gasteiger partial charge in [-0.3, -0.25) is 13.9 Å². The Kier molecular flexibility index (Phi) is 9.22. The molecule has 0 atom stereocenters. The highest BCUT2D eigenvalue weighted by molar-refractivity contribution is 7.92. The number of carbonyl (C=O) groups excluding carboxylic acids is 2. The quantitative estimate of drug-likeness (QED) is 0.182. The zero-order valence-electron chi connectivity index (χ0n) is 23.0. The number of anilines is 1. The molecule has 4 aromatic carbocycles. The Morgan fingerprint density at radius 3 is 2.30 bits per heavy atom. The third kappa shape index (κ3) is 6.87. The lowest BCUT2D eigenvalue weighted by atomic mass is 10.0. The van der Waals surface area contributed by atoms with Gasteiger partial charge in [-0.2, -0.15) is 0 Å². The number of ether oxygens (including phenoxy) is 1. The highest BCUT2D eigenvalue weighted by Crippen LogP contribution is 2.30. The van der Waals surface area contributed by atoms with Crippen LogP contribution < -0.4 is 9.62 Å². The van der Waals surface area contributed by atoms with Crippen LogP contribution in [0.15, 0.2) is 89.8 Å². The van der Waals surface area contributed by atoms with Crippen molar-refractivity contribution in [2.45, 2.75) is 45.1 Å². The standard InChI is InChI=1S/C32H34N2O5S/c1-4-5-16-39-31(35)22-34(40(37,38)28-18-23(2)17-24(3)19-28)27-14-15-29-26(20-27)12-9-13-30(29)32(36)33-21-25-10-7-6-8-11-25/h6-15,17-20H,4-5,16,21-22H2,1-3H3,(H,33,36). The molecule has 0 aliphatic heterocycles. The van der Waals surface area contributed by atoms with Crippen LogP contribution in [0.3, 0.4) is 0 Å². The van der Waals surface area contributed by atoms with Crippen molar-refractivity contribution in [3.05, 3.63) is 107 Å². The van der Waals surface area contributed by atoms with Crippen molar-refractivity contribution < 1.29 is 22.7 Å². The van der Waals surface area contributed by atoms with Crippen LogP contribution in [0.1, 0.15) is 46.8 Å². The molecule has 0 aliphatic carbocycles. The third-order valence-electron chi connectivity index (χ3n) is 6.51. The van der Waals surface area contributed by atoms with Gasteiger partial charge in [-0.1, -0.05) is 67.9 Å². The summed E-state index contributed by atoms with van der Waals surface area (Å²) in [5, 5.41) is 4.29. The van der Waals surface area contributed by atoms with E-state index in [1.165, 1.54) is 0 Å². The van der Waals surface area contributed by atoms with E-state index in [2.05, 4.69) is 5.32 Å². The first-order valence-corrected chi connectivity index (χ1v) is 14.7. The third-order valence-corrected chi connectivity index (χ3v) is 8.26. The van der Waals surface area contributed by atoms with Crippen molar-refractivity contribution in [3.8, 4) is 0 Å². The van der Waals surface area contributed by atoms with Crippen LogP contribution in [0, 0.1) is 13.8 Å². The highest BCUT2D eigenvalue weighted by Gasteiger charge is 2.28. The predicted molar refractivity (Wildman–Crippen MR) is 158 cm³/mol. The van der Waals surface area contributed by atoms with Crippen LogP contribution >= 0.6 is 0 Å². The van der Waals surface area contributed by atoms with E-state index in [-0.39, 0.29) is 17.4 Å². The lowest BCUT2D eigenvalue weighted by Crippen LogP contribution is -2.36. The number of fused-ring (bicyclic) bond motifs is 1. The smallest absolute Gasteiger partial charge is 0.326 e. The van der Waals surface area contributed by atoms with Gasteiger partial charge in [0.1, 0.15) is 6.54 Å². The lowest BCUT2D eigenvalue weighted by molar-refractivity contribution is -0.141. The Balaban J connectivity index is 1.69. The molecule has 0 spiro atoms. The topological polar surface area (TPSA) is 92.8 Å². The fraction of sp³-hybridized carbons (Fsp3) is 0.250. The van der Waals surface area contributed by atoms with Crippen molar-refractivity contribution >= 4 is 38.4 Å². The van der Waals surface area contributed by atoms with E-state index >= 15 is 0 Å². The SMILES string of the molecule is CCCCOC(=O)CN(c1ccc2c(C(=O)NCc3ccccc3)cccc2c1)S(=O)(=O)c1cc(C)cc(C)c1. The zero-order chi connectivity index (χ0) is 28.7. The minimum absolute atomic E-state index is 0.0977. The number of sulfonamides is 1. The van der Waals surface area contributed by atoms with Crippen LogP contribution in [0.2, 0.25) is 0 Å². The summed E-state index contributed by atoms with van der Waals surface area (Å²) >= 11 is 0. The van der Waals surface area contributed by atoms with Crippen molar-refractivity contribution in [1.29, 1.82) is 0 Å². The number of nitrogens with zero attached hydrogens (tertiary/aromatic N) is 1. The number of benzene rings is 4. The van der Waals surface area contributed by atoms with Crippen molar-refractivity contribution in [1.82, 2.24) is 5.32 Å². The Bertz CT molecular complexity index is 1600. The maximum absolute atomic E-state index is 13.9. The van der Waals surface area contributed by atoms with E-state index < -0.39 is 22.5 Å². The molecule has 0 saturated heterocycles. The van der Waals surface area contributed by atoms with Crippen LogP contribution in [0.5, 0.6) is 0 Å². The van der Waals surface area contributed by atoms with Gasteiger partial charge < -0.3 is 10.1 Å². The molecule has 0 bridgehead atoms. The molecule has 0 aliphatic rings. The number of hydrogen-bond acceptors (Lipinski definition) is 5. The molecule has 8 heteroatoms. The van der Waals surface area contributed by atoms with Crippen LogP contribution in [0.25, 0.3) is 10.8 Å². The number of amides is 1. The Morgan fingerprint density at radius 1 is 0.875 bits per heavy atom. The van der Waals surface area contributed by atoms with Gasteiger partial charge >= 0.3 is 5.97 Å². The second kappa shape index (κ2) is 12.8. The highest BCUT2D eigenvalue weighted by atomic mass is 32.2. The molecule has 0 unspecified atom stereocenters. The average molecular weight is 559 g/mol. The molecular weight excluding hydrogens is 524 g/mol. The summed E-state index contributed by atoms with van der Waals surface area (Å²) < 4.78 is 34.2. The summed E-state index contributed by atoms with van der Waals surface area (Å²) in [6.45, 7) is 5.78. The lowest BCUT2D eigenvalue weighted by Gasteiger charge is -2.24. The molecule has 0 radical (unpaired) electrons. The molecule has 1 N–H and O–H groups in total. The Morgan fingerprint density at radius 2 is 1.60 bits per heavy atom. The molecule has 4 rings (SSSR count). The molecule has 7 nitrogen and oxygen atoms in total. The first-order chi connectivity index (χ1) is 19.2. The van der Waals surface area contributed by atoms with Gasteiger partial charge in [0.25, 0.3) is 15.9 Å². The van der Waals surface area contributed by atoms with E-state index in [0.717, 1.165) is 27.4 Å². The fourth-order valence-electron chi connectivity index (χ4n) is 4.51. The maximum Gasteiger partial charge on any atom is 0.326 e. The Labute approximate surface area is 235 Å². The van der Waals surface area contributed by atoms with E-state index in [1.54, 1.807) is 42.5 Å². The monoisotopic (exact) mass is 558 g/mol. The summed E-state index contributed by atoms with van der Waals surface area (Å²) in [6.07, 6.45) is 1.55. The fourth-order valence-corrected chi connectivity index (χ4v) is 6.11. The van der Waals surface area contributed by atoms with Crippen molar-refractivity contribution in [2.24, 2.45) is 0 Å². The summed E-state index contributed by atoms with van der Waals surface area (Å²) in [6, 6.07) is 25.0. The van der Waals surface area contributed by atoms with Crippen molar-refractivity contribution in [3.63, 3.8) is 0 Å². The molecule has 0 aromatic heterocycles. The molecule has 40 heavy (non-hydrogen) atoms. The molecule has 0 fully saturated rings. The number of unbranched alkanes of at least 4 members (excludes halogenated alkanes) is 1. The van der Waals surface area contributed by atoms with Crippen molar-refractivity contribution in [2.75, 3.05) is 17.5 Å². The van der Waals surface area contributed by atoms with Gasteiger partial charge in [-0.05, 0) is 78.1 Å². The van der Waals surface area contributed by atoms with Gasteiger partial charge in [0.2, 0.25) is 0 Å². The first kappa shape index (κ1) is 28.8. The Hall–Kier alpha value is -4.17. The van der Waals surface area contributed by atoms with Gasteiger partial charge in [-0.15, -0.1) is 0 Å². The predicted octanol–water partition coefficient (Wildman–Crippen LogP) is 5.93. The van der Waals surface area contributed by atoms with E-state index in [9.17, 15) is 18.0 Å². The number of rotatable bonds is 11. The van der Waals surface area contributed by atoms with E-state index in [1.807, 2.05) is 63.2 Å². The molecule has 4 aromatic rings. The summed E-state index contributed by atoms with van der Waals surface area (Å²) in [4.78, 5) is 25.9. The average Bonchev–Trinajstić information content (AvgIpc) is 2.94. The maximum atomic E-state index is 13.9. The number of esters is 1. The molecule has 0 saturated carbocycles. The molecule has 1 amide bonds. The molecule has 0 heterocycles. The number of hydrogen-bond donors (Lipinski definition) is 1. The first-order valence-electron chi connectivity index (χ1n) is 13.3. The molecule has 208 valence electrons. The van der Waals surface area contributed by atoms with Crippen LogP contribution in [0.4, 0.5) is 5.69 Å². The largest absolute Gasteiger partial charge is 0.464 e. The summed E-state index contributed by atoms with van der Waals surface area (Å²) in [5.74, 6) is -0.864. The minimum atomic E-state index is -4.11. The number of nitrogens with one attached hydrogen (secondary N) is 1. The zero-order valence-corrected chi connectivity index (χ0v) is 23.8.